The molecule has 0 aromatic heterocycles. The number of rotatable bonds is 3. The first kappa shape index (κ1) is 16.3. The highest BCUT2D eigenvalue weighted by molar-refractivity contribution is 9.10. The standard InChI is InChI=1S/C15H12BrClF3N/c1-21-14(12-7-6-11(17)8-13(12)16)9-2-4-10(5-3-9)15(18,19)20/h2-8,14,21H,1H3. The first-order chi connectivity index (χ1) is 9.82. The molecule has 112 valence electrons. The van der Waals surface area contributed by atoms with E-state index in [4.69, 9.17) is 11.6 Å². The van der Waals surface area contributed by atoms with Crippen molar-refractivity contribution in [3.8, 4) is 0 Å². The summed E-state index contributed by atoms with van der Waals surface area (Å²) in [6.07, 6.45) is -4.32. The van der Waals surface area contributed by atoms with Gasteiger partial charge in [0.2, 0.25) is 0 Å². The van der Waals surface area contributed by atoms with E-state index >= 15 is 0 Å². The summed E-state index contributed by atoms with van der Waals surface area (Å²) in [6, 6.07) is 10.2. The van der Waals surface area contributed by atoms with E-state index in [0.29, 0.717) is 5.02 Å². The van der Waals surface area contributed by atoms with Gasteiger partial charge in [0.15, 0.2) is 0 Å². The van der Waals surface area contributed by atoms with Gasteiger partial charge in [0.25, 0.3) is 0 Å². The second-order valence-corrected chi connectivity index (χ2v) is 5.80. The van der Waals surface area contributed by atoms with Crippen LogP contribution in [-0.4, -0.2) is 7.05 Å². The smallest absolute Gasteiger partial charge is 0.309 e. The van der Waals surface area contributed by atoms with Gasteiger partial charge in [-0.2, -0.15) is 13.2 Å². The van der Waals surface area contributed by atoms with Crippen molar-refractivity contribution in [3.63, 3.8) is 0 Å². The van der Waals surface area contributed by atoms with Crippen LogP contribution in [0.2, 0.25) is 5.02 Å². The molecule has 0 spiro atoms. The molecule has 0 heterocycles. The molecule has 6 heteroatoms. The lowest BCUT2D eigenvalue weighted by Gasteiger charge is -2.19. The van der Waals surface area contributed by atoms with Crippen LogP contribution < -0.4 is 5.32 Å². The predicted molar refractivity (Wildman–Crippen MR) is 81.5 cm³/mol. The van der Waals surface area contributed by atoms with Crippen molar-refractivity contribution in [2.45, 2.75) is 12.2 Å². The molecular weight excluding hydrogens is 367 g/mol. The maximum absolute atomic E-state index is 12.6. The Morgan fingerprint density at radius 3 is 2.19 bits per heavy atom. The number of halogens is 5. The zero-order valence-electron chi connectivity index (χ0n) is 11.0. The van der Waals surface area contributed by atoms with Crippen molar-refractivity contribution in [1.82, 2.24) is 5.32 Å². The van der Waals surface area contributed by atoms with Gasteiger partial charge in [0.05, 0.1) is 11.6 Å². The van der Waals surface area contributed by atoms with E-state index in [1.807, 2.05) is 6.07 Å². The molecule has 2 rings (SSSR count). The summed E-state index contributed by atoms with van der Waals surface area (Å²) in [5.74, 6) is 0. The van der Waals surface area contributed by atoms with Gasteiger partial charge in [0, 0.05) is 9.50 Å². The van der Waals surface area contributed by atoms with Crippen molar-refractivity contribution in [1.29, 1.82) is 0 Å². The van der Waals surface area contributed by atoms with Crippen LogP contribution in [0.5, 0.6) is 0 Å². The van der Waals surface area contributed by atoms with Crippen molar-refractivity contribution < 1.29 is 13.2 Å². The van der Waals surface area contributed by atoms with E-state index in [0.717, 1.165) is 27.7 Å². The zero-order chi connectivity index (χ0) is 15.6. The highest BCUT2D eigenvalue weighted by Gasteiger charge is 2.30. The van der Waals surface area contributed by atoms with Gasteiger partial charge >= 0.3 is 6.18 Å². The molecule has 0 amide bonds. The third kappa shape index (κ3) is 3.78. The van der Waals surface area contributed by atoms with Gasteiger partial charge in [-0.1, -0.05) is 45.7 Å². The predicted octanol–water partition coefficient (Wildman–Crippen LogP) is 5.43. The Morgan fingerprint density at radius 1 is 1.10 bits per heavy atom. The van der Waals surface area contributed by atoms with Crippen LogP contribution >= 0.6 is 27.5 Å². The molecule has 1 N–H and O–H groups in total. The molecule has 1 atom stereocenters. The summed E-state index contributed by atoms with van der Waals surface area (Å²) in [4.78, 5) is 0. The summed E-state index contributed by atoms with van der Waals surface area (Å²) in [6.45, 7) is 0. The minimum Gasteiger partial charge on any atom is -0.309 e. The first-order valence-corrected chi connectivity index (χ1v) is 7.29. The average Bonchev–Trinajstić information content (AvgIpc) is 2.41. The molecule has 21 heavy (non-hydrogen) atoms. The van der Waals surface area contributed by atoms with Crippen LogP contribution in [0.15, 0.2) is 46.9 Å². The molecule has 0 aliphatic rings. The van der Waals surface area contributed by atoms with Gasteiger partial charge in [-0.25, -0.2) is 0 Å². The second kappa shape index (κ2) is 6.38. The van der Waals surface area contributed by atoms with Crippen LogP contribution in [0, 0.1) is 0 Å². The monoisotopic (exact) mass is 377 g/mol. The highest BCUT2D eigenvalue weighted by Crippen LogP contribution is 2.33. The fraction of sp³-hybridized carbons (Fsp3) is 0.200. The van der Waals surface area contributed by atoms with Crippen LogP contribution in [0.25, 0.3) is 0 Å². The molecule has 0 aliphatic heterocycles. The topological polar surface area (TPSA) is 12.0 Å². The number of hydrogen-bond donors (Lipinski definition) is 1. The number of benzene rings is 2. The fourth-order valence-corrected chi connectivity index (χ4v) is 3.01. The summed E-state index contributed by atoms with van der Waals surface area (Å²) in [7, 11) is 1.75. The van der Waals surface area contributed by atoms with Gasteiger partial charge < -0.3 is 5.32 Å². The molecule has 1 unspecified atom stereocenters. The Labute approximate surface area is 134 Å². The number of nitrogens with one attached hydrogen (secondary N) is 1. The highest BCUT2D eigenvalue weighted by atomic mass is 79.9. The van der Waals surface area contributed by atoms with Gasteiger partial charge in [-0.05, 0) is 42.4 Å². The quantitative estimate of drug-likeness (QED) is 0.751. The molecule has 0 fully saturated rings. The molecule has 0 bridgehead atoms. The maximum atomic E-state index is 12.6. The van der Waals surface area contributed by atoms with Crippen molar-refractivity contribution in [2.24, 2.45) is 0 Å². The first-order valence-electron chi connectivity index (χ1n) is 6.12. The van der Waals surface area contributed by atoms with Crippen molar-refractivity contribution >= 4 is 27.5 Å². The number of alkyl halides is 3. The van der Waals surface area contributed by atoms with Crippen LogP contribution in [0.1, 0.15) is 22.7 Å². The Kier molecular flexibility index (Phi) is 4.96. The minimum absolute atomic E-state index is 0.223. The molecule has 1 nitrogen and oxygen atoms in total. The average molecular weight is 379 g/mol. The van der Waals surface area contributed by atoms with Crippen LogP contribution in [0.3, 0.4) is 0 Å². The molecule has 0 saturated heterocycles. The Balaban J connectivity index is 2.37. The summed E-state index contributed by atoms with van der Waals surface area (Å²) >= 11 is 9.33. The molecule has 2 aromatic rings. The third-order valence-electron chi connectivity index (χ3n) is 3.13. The largest absolute Gasteiger partial charge is 0.416 e. The maximum Gasteiger partial charge on any atom is 0.416 e. The SMILES string of the molecule is CNC(c1ccc(C(F)(F)F)cc1)c1ccc(Cl)cc1Br. The molecule has 0 aliphatic carbocycles. The Bertz CT molecular complexity index is 626. The normalized spacial score (nSPS) is 13.2. The summed E-state index contributed by atoms with van der Waals surface area (Å²) in [5.41, 5.74) is 0.992. The van der Waals surface area contributed by atoms with E-state index in [1.54, 1.807) is 19.2 Å². The molecule has 0 radical (unpaired) electrons. The third-order valence-corrected chi connectivity index (χ3v) is 4.06. The van der Waals surface area contributed by atoms with E-state index in [9.17, 15) is 13.2 Å². The van der Waals surface area contributed by atoms with Gasteiger partial charge in [-0.15, -0.1) is 0 Å². The lowest BCUT2D eigenvalue weighted by Crippen LogP contribution is -2.18. The molecular formula is C15H12BrClF3N. The van der Waals surface area contributed by atoms with E-state index in [2.05, 4.69) is 21.2 Å². The molecule has 2 aromatic carbocycles. The lowest BCUT2D eigenvalue weighted by atomic mass is 9.98. The van der Waals surface area contributed by atoms with Crippen LogP contribution in [0.4, 0.5) is 13.2 Å². The van der Waals surface area contributed by atoms with Crippen molar-refractivity contribution in [3.05, 3.63) is 68.7 Å². The fourth-order valence-electron chi connectivity index (χ4n) is 2.10. The van der Waals surface area contributed by atoms with E-state index in [-0.39, 0.29) is 6.04 Å². The Morgan fingerprint density at radius 2 is 1.71 bits per heavy atom. The Hall–Kier alpha value is -1.04. The van der Waals surface area contributed by atoms with Gasteiger partial charge in [0.1, 0.15) is 0 Å². The number of hydrogen-bond acceptors (Lipinski definition) is 1. The molecule has 0 saturated carbocycles. The van der Waals surface area contributed by atoms with E-state index < -0.39 is 11.7 Å². The van der Waals surface area contributed by atoms with E-state index in [1.165, 1.54) is 12.1 Å². The zero-order valence-corrected chi connectivity index (χ0v) is 13.4. The summed E-state index contributed by atoms with van der Waals surface area (Å²) < 4.78 is 38.6. The lowest BCUT2D eigenvalue weighted by molar-refractivity contribution is -0.137. The summed E-state index contributed by atoms with van der Waals surface area (Å²) in [5, 5.41) is 3.69. The minimum atomic E-state index is -4.32. The van der Waals surface area contributed by atoms with Crippen molar-refractivity contribution in [2.75, 3.05) is 7.05 Å². The van der Waals surface area contributed by atoms with Crippen LogP contribution in [-0.2, 0) is 6.18 Å². The second-order valence-electron chi connectivity index (χ2n) is 4.51. The van der Waals surface area contributed by atoms with Gasteiger partial charge in [-0.3, -0.25) is 0 Å².